The van der Waals surface area contributed by atoms with Crippen molar-refractivity contribution >= 4 is 15.7 Å². The number of hydrogen-bond donors (Lipinski definition) is 2. The normalized spacial score (nSPS) is 11.5. The van der Waals surface area contributed by atoms with Crippen LogP contribution in [-0.2, 0) is 16.6 Å². The van der Waals surface area contributed by atoms with Crippen molar-refractivity contribution in [3.63, 3.8) is 0 Å². The van der Waals surface area contributed by atoms with Gasteiger partial charge in [-0.25, -0.2) is 8.42 Å². The molecule has 0 unspecified atom stereocenters. The molecule has 6 nitrogen and oxygen atoms in total. The van der Waals surface area contributed by atoms with Crippen molar-refractivity contribution in [2.45, 2.75) is 18.4 Å². The molecule has 0 saturated carbocycles. The van der Waals surface area contributed by atoms with Crippen LogP contribution in [0.5, 0.6) is 0 Å². The largest absolute Gasteiger partial charge is 0.394 e. The van der Waals surface area contributed by atoms with Crippen molar-refractivity contribution in [3.8, 4) is 0 Å². The van der Waals surface area contributed by atoms with Crippen molar-refractivity contribution in [3.05, 3.63) is 42.2 Å². The molecule has 0 fully saturated rings. The standard InChI is InChI=1S/C12H15N3O3S/c1-10-3-2-4-11(7-10)14-19(17,18)12-8-13-15(9-12)5-6-16/h2-4,7-9,14,16H,5-6H2,1H3. The zero-order valence-corrected chi connectivity index (χ0v) is 11.3. The van der Waals surface area contributed by atoms with Crippen molar-refractivity contribution in [2.75, 3.05) is 11.3 Å². The Kier molecular flexibility index (Phi) is 3.87. The molecule has 2 N–H and O–H groups in total. The van der Waals surface area contributed by atoms with Crippen LogP contribution in [0.2, 0.25) is 0 Å². The molecule has 0 aliphatic carbocycles. The van der Waals surface area contributed by atoms with Gasteiger partial charge in [-0.1, -0.05) is 12.1 Å². The lowest BCUT2D eigenvalue weighted by atomic mass is 10.2. The summed E-state index contributed by atoms with van der Waals surface area (Å²) in [4.78, 5) is 0.0717. The molecule has 2 rings (SSSR count). The van der Waals surface area contributed by atoms with Crippen LogP contribution in [0.25, 0.3) is 0 Å². The molecule has 2 aromatic rings. The fourth-order valence-electron chi connectivity index (χ4n) is 1.63. The van der Waals surface area contributed by atoms with Gasteiger partial charge < -0.3 is 5.11 Å². The Hall–Kier alpha value is -1.86. The number of anilines is 1. The molecule has 1 heterocycles. The minimum atomic E-state index is -3.64. The highest BCUT2D eigenvalue weighted by molar-refractivity contribution is 7.92. The molecule has 0 aliphatic heterocycles. The molecular formula is C12H15N3O3S. The van der Waals surface area contributed by atoms with Crippen molar-refractivity contribution in [1.29, 1.82) is 0 Å². The number of aromatic nitrogens is 2. The summed E-state index contributed by atoms with van der Waals surface area (Å²) in [6.45, 7) is 2.06. The van der Waals surface area contributed by atoms with Crippen molar-refractivity contribution in [2.24, 2.45) is 0 Å². The maximum Gasteiger partial charge on any atom is 0.265 e. The van der Waals surface area contributed by atoms with Crippen LogP contribution < -0.4 is 4.72 Å². The number of rotatable bonds is 5. The van der Waals surface area contributed by atoms with Crippen LogP contribution in [-0.4, -0.2) is 29.9 Å². The zero-order chi connectivity index (χ0) is 13.9. The van der Waals surface area contributed by atoms with Crippen LogP contribution in [0.4, 0.5) is 5.69 Å². The van der Waals surface area contributed by atoms with E-state index in [-0.39, 0.29) is 18.0 Å². The Morgan fingerprint density at radius 3 is 2.89 bits per heavy atom. The van der Waals surface area contributed by atoms with Gasteiger partial charge in [0.1, 0.15) is 4.90 Å². The van der Waals surface area contributed by atoms with E-state index in [9.17, 15) is 8.42 Å². The highest BCUT2D eigenvalue weighted by atomic mass is 32.2. The summed E-state index contributed by atoms with van der Waals surface area (Å²) in [5, 5.41) is 12.6. The molecule has 102 valence electrons. The lowest BCUT2D eigenvalue weighted by molar-refractivity contribution is 0.269. The van der Waals surface area contributed by atoms with Crippen LogP contribution in [0.15, 0.2) is 41.6 Å². The Labute approximate surface area is 111 Å². The zero-order valence-electron chi connectivity index (χ0n) is 10.4. The first-order valence-corrected chi connectivity index (χ1v) is 7.22. The Balaban J connectivity index is 2.22. The Morgan fingerprint density at radius 2 is 2.21 bits per heavy atom. The first kappa shape index (κ1) is 13.6. The Bertz CT molecular complexity index is 664. The molecular weight excluding hydrogens is 266 g/mol. The van der Waals surface area contributed by atoms with Crippen molar-refractivity contribution < 1.29 is 13.5 Å². The van der Waals surface area contributed by atoms with Crippen LogP contribution in [0.3, 0.4) is 0 Å². The van der Waals surface area contributed by atoms with E-state index in [0.717, 1.165) is 5.56 Å². The first-order chi connectivity index (χ1) is 9.01. The van der Waals surface area contributed by atoms with E-state index >= 15 is 0 Å². The smallest absolute Gasteiger partial charge is 0.265 e. The molecule has 19 heavy (non-hydrogen) atoms. The molecule has 7 heteroatoms. The second kappa shape index (κ2) is 5.41. The summed E-state index contributed by atoms with van der Waals surface area (Å²) in [6, 6.07) is 7.10. The number of nitrogens with zero attached hydrogens (tertiary/aromatic N) is 2. The predicted octanol–water partition coefficient (Wildman–Crippen LogP) is 0.985. The van der Waals surface area contributed by atoms with E-state index in [2.05, 4.69) is 9.82 Å². The third-order valence-corrected chi connectivity index (χ3v) is 3.86. The summed E-state index contributed by atoms with van der Waals surface area (Å²) >= 11 is 0. The molecule has 1 aromatic heterocycles. The fraction of sp³-hybridized carbons (Fsp3) is 0.250. The van der Waals surface area contributed by atoms with E-state index in [1.54, 1.807) is 18.2 Å². The third-order valence-electron chi connectivity index (χ3n) is 2.52. The summed E-state index contributed by atoms with van der Waals surface area (Å²) in [6.07, 6.45) is 2.64. The van der Waals surface area contributed by atoms with Gasteiger partial charge in [-0.05, 0) is 24.6 Å². The maximum atomic E-state index is 12.1. The summed E-state index contributed by atoms with van der Waals surface area (Å²) in [7, 11) is -3.64. The minimum Gasteiger partial charge on any atom is -0.394 e. The van der Waals surface area contributed by atoms with E-state index < -0.39 is 10.0 Å². The van der Waals surface area contributed by atoms with Crippen LogP contribution >= 0.6 is 0 Å². The van der Waals surface area contributed by atoms with Gasteiger partial charge in [-0.2, -0.15) is 5.10 Å². The van der Waals surface area contributed by atoms with Gasteiger partial charge in [-0.3, -0.25) is 9.40 Å². The van der Waals surface area contributed by atoms with Crippen LogP contribution in [0.1, 0.15) is 5.56 Å². The minimum absolute atomic E-state index is 0.0717. The van der Waals surface area contributed by atoms with Crippen molar-refractivity contribution in [1.82, 2.24) is 9.78 Å². The van der Waals surface area contributed by atoms with Crippen LogP contribution in [0, 0.1) is 6.92 Å². The number of aliphatic hydroxyl groups excluding tert-OH is 1. The summed E-state index contributed by atoms with van der Waals surface area (Å²) in [5.41, 5.74) is 1.48. The van der Waals surface area contributed by atoms with Gasteiger partial charge in [0.2, 0.25) is 0 Å². The fourth-order valence-corrected chi connectivity index (χ4v) is 2.63. The molecule has 0 bridgehead atoms. The summed E-state index contributed by atoms with van der Waals surface area (Å²) < 4.78 is 28.1. The molecule has 0 aliphatic rings. The molecule has 0 saturated heterocycles. The highest BCUT2D eigenvalue weighted by Crippen LogP contribution is 2.16. The SMILES string of the molecule is Cc1cccc(NS(=O)(=O)c2cnn(CCO)c2)c1. The van der Waals surface area contributed by atoms with Gasteiger partial charge in [0.15, 0.2) is 0 Å². The lowest BCUT2D eigenvalue weighted by Gasteiger charge is -2.06. The molecule has 0 amide bonds. The first-order valence-electron chi connectivity index (χ1n) is 5.74. The van der Waals surface area contributed by atoms with Gasteiger partial charge >= 0.3 is 0 Å². The maximum absolute atomic E-state index is 12.1. The summed E-state index contributed by atoms with van der Waals surface area (Å²) in [5.74, 6) is 0. The van der Waals surface area contributed by atoms with Gasteiger partial charge in [-0.15, -0.1) is 0 Å². The second-order valence-corrected chi connectivity index (χ2v) is 5.82. The van der Waals surface area contributed by atoms with E-state index in [1.807, 2.05) is 13.0 Å². The van der Waals surface area contributed by atoms with E-state index in [1.165, 1.54) is 17.1 Å². The number of sulfonamides is 1. The van der Waals surface area contributed by atoms with Gasteiger partial charge in [0, 0.05) is 11.9 Å². The monoisotopic (exact) mass is 281 g/mol. The van der Waals surface area contributed by atoms with E-state index in [4.69, 9.17) is 5.11 Å². The number of aliphatic hydroxyl groups is 1. The highest BCUT2D eigenvalue weighted by Gasteiger charge is 2.16. The number of nitrogens with one attached hydrogen (secondary N) is 1. The van der Waals surface area contributed by atoms with Gasteiger partial charge in [0.25, 0.3) is 10.0 Å². The second-order valence-electron chi connectivity index (χ2n) is 4.14. The lowest BCUT2D eigenvalue weighted by Crippen LogP contribution is -2.12. The molecule has 0 atom stereocenters. The number of hydrogen-bond acceptors (Lipinski definition) is 4. The molecule has 0 spiro atoms. The quantitative estimate of drug-likeness (QED) is 0.856. The average molecular weight is 281 g/mol. The topological polar surface area (TPSA) is 84.2 Å². The number of benzene rings is 1. The Morgan fingerprint density at radius 1 is 1.42 bits per heavy atom. The average Bonchev–Trinajstić information content (AvgIpc) is 2.78. The molecule has 1 aromatic carbocycles. The predicted molar refractivity (Wildman–Crippen MR) is 71.3 cm³/mol. The third kappa shape index (κ3) is 3.33. The van der Waals surface area contributed by atoms with Gasteiger partial charge in [0.05, 0.1) is 19.3 Å². The van der Waals surface area contributed by atoms with E-state index in [0.29, 0.717) is 5.69 Å². The number of aryl methyl sites for hydroxylation is 1. The molecule has 0 radical (unpaired) electrons.